The number of nitrogens with one attached hydrogen (secondary N) is 1. The normalized spacial score (nSPS) is 11.0. The van der Waals surface area contributed by atoms with E-state index in [9.17, 15) is 10.1 Å². The van der Waals surface area contributed by atoms with Crippen molar-refractivity contribution in [1.82, 2.24) is 5.32 Å². The minimum atomic E-state index is -0.386. The summed E-state index contributed by atoms with van der Waals surface area (Å²) in [6.45, 7) is 0.467. The average molecular weight is 356 g/mol. The second-order valence-corrected chi connectivity index (χ2v) is 6.06. The quantitative estimate of drug-likeness (QED) is 0.534. The Labute approximate surface area is 158 Å². The molecule has 0 aliphatic heterocycles. The number of hydrogen-bond donors (Lipinski definition) is 1. The number of nitrogens with zero attached hydrogens (tertiary/aromatic N) is 1. The van der Waals surface area contributed by atoms with E-state index in [2.05, 4.69) is 5.32 Å². The van der Waals surface area contributed by atoms with Crippen molar-refractivity contribution in [3.63, 3.8) is 0 Å². The topological polar surface area (TPSA) is 62.1 Å². The third kappa shape index (κ3) is 4.34. The van der Waals surface area contributed by atoms with Gasteiger partial charge in [-0.1, -0.05) is 60.7 Å². The van der Waals surface area contributed by atoms with Crippen molar-refractivity contribution in [2.24, 2.45) is 0 Å². The zero-order valence-electron chi connectivity index (χ0n) is 15.1. The number of hydrogen-bond acceptors (Lipinski definition) is 3. The Morgan fingerprint density at radius 1 is 1.07 bits per heavy atom. The van der Waals surface area contributed by atoms with Gasteiger partial charge in [0.2, 0.25) is 0 Å². The Kier molecular flexibility index (Phi) is 5.86. The number of ether oxygens (including phenoxy) is 1. The van der Waals surface area contributed by atoms with Gasteiger partial charge in [-0.25, -0.2) is 0 Å². The van der Waals surface area contributed by atoms with Gasteiger partial charge in [0.1, 0.15) is 17.4 Å². The number of carbonyl (C=O) groups excluding carboxylic acids is 1. The molecule has 0 saturated heterocycles. The van der Waals surface area contributed by atoms with Crippen molar-refractivity contribution in [1.29, 1.82) is 5.26 Å². The van der Waals surface area contributed by atoms with Crippen LogP contribution in [-0.4, -0.2) is 19.6 Å². The summed E-state index contributed by atoms with van der Waals surface area (Å²) in [5.74, 6) is 0.238. The summed E-state index contributed by atoms with van der Waals surface area (Å²) in [5.41, 5.74) is 1.92. The Bertz CT molecular complexity index is 1020. The molecule has 0 aliphatic carbocycles. The molecule has 0 radical (unpaired) electrons. The third-order valence-electron chi connectivity index (χ3n) is 4.35. The Hall–Kier alpha value is -3.58. The molecule has 3 aromatic carbocycles. The van der Waals surface area contributed by atoms with Crippen molar-refractivity contribution in [3.8, 4) is 11.8 Å². The van der Waals surface area contributed by atoms with Crippen LogP contribution >= 0.6 is 0 Å². The highest BCUT2D eigenvalue weighted by molar-refractivity contribution is 6.04. The van der Waals surface area contributed by atoms with Crippen molar-refractivity contribution in [3.05, 3.63) is 83.4 Å². The van der Waals surface area contributed by atoms with Gasteiger partial charge in [-0.15, -0.1) is 0 Å². The zero-order valence-corrected chi connectivity index (χ0v) is 15.1. The molecule has 0 aromatic heterocycles. The van der Waals surface area contributed by atoms with Crippen LogP contribution in [0.25, 0.3) is 16.8 Å². The second-order valence-electron chi connectivity index (χ2n) is 6.06. The molecule has 3 rings (SSSR count). The van der Waals surface area contributed by atoms with Crippen LogP contribution in [0.1, 0.15) is 11.1 Å². The standard InChI is InChI=1S/C23H20N2O2/c1-27-22-12-11-18-9-5-6-10-20(18)21(22)15-19(16-24)23(26)25-14-13-17-7-3-2-4-8-17/h2-12,15H,13-14H2,1H3,(H,25,26)/b19-15+. The van der Waals surface area contributed by atoms with Crippen LogP contribution in [0.3, 0.4) is 0 Å². The van der Waals surface area contributed by atoms with Crippen LogP contribution in [0.2, 0.25) is 0 Å². The van der Waals surface area contributed by atoms with Crippen LogP contribution in [-0.2, 0) is 11.2 Å². The SMILES string of the molecule is COc1ccc2ccccc2c1/C=C(\C#N)C(=O)NCCc1ccccc1. The predicted octanol–water partition coefficient (Wildman–Crippen LogP) is 4.11. The fourth-order valence-electron chi connectivity index (χ4n) is 2.96. The summed E-state index contributed by atoms with van der Waals surface area (Å²) in [6.07, 6.45) is 2.31. The second kappa shape index (κ2) is 8.68. The lowest BCUT2D eigenvalue weighted by Crippen LogP contribution is -2.26. The summed E-state index contributed by atoms with van der Waals surface area (Å²) in [7, 11) is 1.58. The molecule has 4 heteroatoms. The summed E-state index contributed by atoms with van der Waals surface area (Å²) < 4.78 is 5.43. The largest absolute Gasteiger partial charge is 0.496 e. The van der Waals surface area contributed by atoms with Crippen LogP contribution in [0.15, 0.2) is 72.3 Å². The highest BCUT2D eigenvalue weighted by atomic mass is 16.5. The summed E-state index contributed by atoms with van der Waals surface area (Å²) in [6, 6.07) is 23.5. The summed E-state index contributed by atoms with van der Waals surface area (Å²) in [4.78, 5) is 12.5. The number of fused-ring (bicyclic) bond motifs is 1. The molecule has 0 heterocycles. The van der Waals surface area contributed by atoms with Crippen molar-refractivity contribution >= 4 is 22.8 Å². The molecule has 3 aromatic rings. The number of rotatable bonds is 6. The van der Waals surface area contributed by atoms with Crippen molar-refractivity contribution < 1.29 is 9.53 Å². The third-order valence-corrected chi connectivity index (χ3v) is 4.35. The molecule has 0 atom stereocenters. The Morgan fingerprint density at radius 2 is 1.81 bits per heavy atom. The first-order chi connectivity index (χ1) is 13.2. The maximum Gasteiger partial charge on any atom is 0.261 e. The fraction of sp³-hybridized carbons (Fsp3) is 0.130. The number of amides is 1. The van der Waals surface area contributed by atoms with E-state index in [0.29, 0.717) is 18.7 Å². The first kappa shape index (κ1) is 18.2. The minimum Gasteiger partial charge on any atom is -0.496 e. The molecular formula is C23H20N2O2. The molecule has 0 saturated carbocycles. The highest BCUT2D eigenvalue weighted by Gasteiger charge is 2.12. The van der Waals surface area contributed by atoms with Crippen molar-refractivity contribution in [2.75, 3.05) is 13.7 Å². The van der Waals surface area contributed by atoms with Gasteiger partial charge in [0, 0.05) is 12.1 Å². The predicted molar refractivity (Wildman–Crippen MR) is 107 cm³/mol. The van der Waals surface area contributed by atoms with Gasteiger partial charge in [0.25, 0.3) is 5.91 Å². The van der Waals surface area contributed by atoms with Crippen LogP contribution in [0, 0.1) is 11.3 Å². The molecule has 0 spiro atoms. The number of nitriles is 1. The van der Waals surface area contributed by atoms with Gasteiger partial charge >= 0.3 is 0 Å². The first-order valence-electron chi connectivity index (χ1n) is 8.72. The van der Waals surface area contributed by atoms with Gasteiger partial charge in [0.15, 0.2) is 0 Å². The van der Waals surface area contributed by atoms with E-state index in [1.54, 1.807) is 13.2 Å². The van der Waals surface area contributed by atoms with E-state index < -0.39 is 0 Å². The van der Waals surface area contributed by atoms with Gasteiger partial charge in [-0.05, 0) is 34.9 Å². The molecule has 4 nitrogen and oxygen atoms in total. The average Bonchev–Trinajstić information content (AvgIpc) is 2.72. The van der Waals surface area contributed by atoms with Crippen LogP contribution in [0.4, 0.5) is 0 Å². The van der Waals surface area contributed by atoms with Crippen molar-refractivity contribution in [2.45, 2.75) is 6.42 Å². The van der Waals surface area contributed by atoms with E-state index >= 15 is 0 Å². The molecular weight excluding hydrogens is 336 g/mol. The molecule has 1 N–H and O–H groups in total. The molecule has 1 amide bonds. The minimum absolute atomic E-state index is 0.0534. The van der Waals surface area contributed by atoms with Crippen LogP contribution in [0.5, 0.6) is 5.75 Å². The first-order valence-corrected chi connectivity index (χ1v) is 8.72. The molecule has 27 heavy (non-hydrogen) atoms. The van der Waals surface area contributed by atoms with E-state index in [0.717, 1.165) is 21.9 Å². The lowest BCUT2D eigenvalue weighted by molar-refractivity contribution is -0.117. The number of methoxy groups -OCH3 is 1. The molecule has 0 unspecified atom stereocenters. The van der Waals surface area contributed by atoms with E-state index in [1.165, 1.54) is 0 Å². The zero-order chi connectivity index (χ0) is 19.1. The lowest BCUT2D eigenvalue weighted by atomic mass is 10.0. The van der Waals surface area contributed by atoms with Gasteiger partial charge in [0.05, 0.1) is 7.11 Å². The van der Waals surface area contributed by atoms with E-state index in [-0.39, 0.29) is 11.5 Å². The maximum absolute atomic E-state index is 12.5. The molecule has 0 bridgehead atoms. The van der Waals surface area contributed by atoms with Gasteiger partial charge in [-0.2, -0.15) is 5.26 Å². The fourth-order valence-corrected chi connectivity index (χ4v) is 2.96. The van der Waals surface area contributed by atoms with E-state index in [1.807, 2.05) is 72.8 Å². The van der Waals surface area contributed by atoms with Gasteiger partial charge in [-0.3, -0.25) is 4.79 Å². The Balaban J connectivity index is 1.82. The smallest absolute Gasteiger partial charge is 0.261 e. The highest BCUT2D eigenvalue weighted by Crippen LogP contribution is 2.30. The summed E-state index contributed by atoms with van der Waals surface area (Å²) in [5, 5.41) is 14.3. The van der Waals surface area contributed by atoms with Gasteiger partial charge < -0.3 is 10.1 Å². The maximum atomic E-state index is 12.5. The monoisotopic (exact) mass is 356 g/mol. The Morgan fingerprint density at radius 3 is 2.56 bits per heavy atom. The summed E-state index contributed by atoms with van der Waals surface area (Å²) >= 11 is 0. The molecule has 134 valence electrons. The molecule has 0 aliphatic rings. The van der Waals surface area contributed by atoms with Crippen LogP contribution < -0.4 is 10.1 Å². The molecule has 0 fully saturated rings. The van der Waals surface area contributed by atoms with E-state index in [4.69, 9.17) is 4.74 Å². The lowest BCUT2D eigenvalue weighted by Gasteiger charge is -2.10. The number of benzene rings is 3. The number of carbonyl (C=O) groups is 1.